The van der Waals surface area contributed by atoms with E-state index in [1.54, 1.807) is 0 Å². The van der Waals surface area contributed by atoms with Crippen molar-refractivity contribution in [3.05, 3.63) is 45.7 Å². The largest absolute Gasteiger partial charge is 0.233 e. The van der Waals surface area contributed by atoms with Gasteiger partial charge in [0.2, 0.25) is 0 Å². The lowest BCUT2D eigenvalue weighted by atomic mass is 10.1. The van der Waals surface area contributed by atoms with Crippen LogP contribution in [0.4, 0.5) is 0 Å². The van der Waals surface area contributed by atoms with Gasteiger partial charge in [-0.2, -0.15) is 0 Å². The van der Waals surface area contributed by atoms with Crippen molar-refractivity contribution in [3.8, 4) is 11.4 Å². The molecule has 0 aliphatic heterocycles. The van der Waals surface area contributed by atoms with Crippen LogP contribution in [0.1, 0.15) is 17.0 Å². The first kappa shape index (κ1) is 12.5. The Morgan fingerprint density at radius 1 is 1.18 bits per heavy atom. The Hall–Kier alpha value is -0.930. The van der Waals surface area contributed by atoms with Crippen LogP contribution in [0.25, 0.3) is 11.4 Å². The van der Waals surface area contributed by atoms with E-state index >= 15 is 0 Å². The zero-order valence-corrected chi connectivity index (χ0v) is 12.0. The summed E-state index contributed by atoms with van der Waals surface area (Å²) in [6, 6.07) is 8.03. The first-order valence-electron chi connectivity index (χ1n) is 5.27. The maximum absolute atomic E-state index is 5.82. The Bertz CT molecular complexity index is 555. The second kappa shape index (κ2) is 5.15. The monoisotopic (exact) mass is 310 g/mol. The number of halogens is 2. The van der Waals surface area contributed by atoms with Crippen molar-refractivity contribution in [2.75, 3.05) is 0 Å². The summed E-state index contributed by atoms with van der Waals surface area (Å²) in [4.78, 5) is 8.88. The molecule has 1 heterocycles. The lowest BCUT2D eigenvalue weighted by molar-refractivity contribution is 1.05. The molecule has 0 atom stereocenters. The summed E-state index contributed by atoms with van der Waals surface area (Å²) in [5, 5.41) is 0. The van der Waals surface area contributed by atoms with Crippen LogP contribution < -0.4 is 0 Å². The van der Waals surface area contributed by atoms with Gasteiger partial charge in [-0.1, -0.05) is 22.0 Å². The molecule has 2 nitrogen and oxygen atoms in total. The van der Waals surface area contributed by atoms with Crippen molar-refractivity contribution in [1.82, 2.24) is 9.97 Å². The van der Waals surface area contributed by atoms with Crippen LogP contribution in [0.5, 0.6) is 0 Å². The summed E-state index contributed by atoms with van der Waals surface area (Å²) in [5.74, 6) is 1.12. The number of benzene rings is 1. The van der Waals surface area contributed by atoms with Gasteiger partial charge >= 0.3 is 0 Å². The Morgan fingerprint density at radius 3 is 2.59 bits per heavy atom. The minimum atomic E-state index is 0.403. The van der Waals surface area contributed by atoms with Crippen LogP contribution in [-0.4, -0.2) is 9.97 Å². The number of hydrogen-bond acceptors (Lipinski definition) is 2. The fraction of sp³-hybridized carbons (Fsp3) is 0.231. The summed E-state index contributed by atoms with van der Waals surface area (Å²) in [5.41, 5.74) is 3.97. The van der Waals surface area contributed by atoms with Crippen molar-refractivity contribution < 1.29 is 0 Å². The van der Waals surface area contributed by atoms with Gasteiger partial charge in [0, 0.05) is 15.7 Å². The molecule has 0 unspecified atom stereocenters. The number of rotatable bonds is 2. The maximum atomic E-state index is 5.82. The van der Waals surface area contributed by atoms with Crippen molar-refractivity contribution in [1.29, 1.82) is 0 Å². The van der Waals surface area contributed by atoms with E-state index in [1.165, 1.54) is 5.56 Å². The van der Waals surface area contributed by atoms with Gasteiger partial charge in [-0.3, -0.25) is 0 Å². The normalized spacial score (nSPS) is 10.6. The summed E-state index contributed by atoms with van der Waals surface area (Å²) < 4.78 is 1.00. The van der Waals surface area contributed by atoms with Gasteiger partial charge < -0.3 is 0 Å². The van der Waals surface area contributed by atoms with Crippen LogP contribution in [0.2, 0.25) is 0 Å². The van der Waals surface area contributed by atoms with Gasteiger partial charge in [0.1, 0.15) is 0 Å². The second-order valence-corrected chi connectivity index (χ2v) is 5.06. The van der Waals surface area contributed by atoms with Crippen LogP contribution >= 0.6 is 27.5 Å². The average Bonchev–Trinajstić information content (AvgIpc) is 2.28. The topological polar surface area (TPSA) is 25.8 Å². The standard InChI is InChI=1S/C13H12BrClN2/c1-8-3-4-11(12(14)5-8)13-16-9(2)6-10(7-15)17-13/h3-6H,7H2,1-2H3. The molecule has 0 radical (unpaired) electrons. The molecule has 17 heavy (non-hydrogen) atoms. The van der Waals surface area contributed by atoms with Crippen molar-refractivity contribution in [2.45, 2.75) is 19.7 Å². The smallest absolute Gasteiger partial charge is 0.160 e. The summed E-state index contributed by atoms with van der Waals surface area (Å²) in [7, 11) is 0. The SMILES string of the molecule is Cc1ccc(-c2nc(C)cc(CCl)n2)c(Br)c1. The number of alkyl halides is 1. The molecule has 1 aromatic carbocycles. The van der Waals surface area contributed by atoms with E-state index in [2.05, 4.69) is 38.9 Å². The molecule has 0 spiro atoms. The molecule has 1 aromatic heterocycles. The summed E-state index contributed by atoms with van der Waals surface area (Å²) in [6.45, 7) is 4.00. The minimum absolute atomic E-state index is 0.403. The van der Waals surface area contributed by atoms with Crippen molar-refractivity contribution >= 4 is 27.5 Å². The highest BCUT2D eigenvalue weighted by Gasteiger charge is 2.08. The Labute approximate surface area is 114 Å². The van der Waals surface area contributed by atoms with E-state index in [4.69, 9.17) is 11.6 Å². The first-order valence-corrected chi connectivity index (χ1v) is 6.60. The van der Waals surface area contributed by atoms with Crippen molar-refractivity contribution in [3.63, 3.8) is 0 Å². The van der Waals surface area contributed by atoms with E-state index in [-0.39, 0.29) is 0 Å². The zero-order chi connectivity index (χ0) is 12.4. The van der Waals surface area contributed by atoms with E-state index in [0.29, 0.717) is 11.7 Å². The van der Waals surface area contributed by atoms with Crippen LogP contribution in [0.15, 0.2) is 28.7 Å². The molecule has 88 valence electrons. The van der Waals surface area contributed by atoms with Gasteiger partial charge in [-0.05, 0) is 37.6 Å². The summed E-state index contributed by atoms with van der Waals surface area (Å²) in [6.07, 6.45) is 0. The van der Waals surface area contributed by atoms with Gasteiger partial charge in [-0.15, -0.1) is 11.6 Å². The zero-order valence-electron chi connectivity index (χ0n) is 9.67. The number of nitrogens with zero attached hydrogens (tertiary/aromatic N) is 2. The predicted octanol–water partition coefficient (Wildman–Crippen LogP) is 4.26. The third kappa shape index (κ3) is 2.85. The van der Waals surface area contributed by atoms with Crippen molar-refractivity contribution in [2.24, 2.45) is 0 Å². The molecule has 0 bridgehead atoms. The maximum Gasteiger partial charge on any atom is 0.160 e. The highest BCUT2D eigenvalue weighted by molar-refractivity contribution is 9.10. The van der Waals surface area contributed by atoms with E-state index < -0.39 is 0 Å². The van der Waals surface area contributed by atoms with Gasteiger partial charge in [0.05, 0.1) is 11.6 Å². The van der Waals surface area contributed by atoms with Crippen LogP contribution in [0.3, 0.4) is 0 Å². The number of aromatic nitrogens is 2. The molecule has 4 heteroatoms. The Kier molecular flexibility index (Phi) is 3.79. The lowest BCUT2D eigenvalue weighted by Crippen LogP contribution is -1.97. The molecule has 0 saturated carbocycles. The molecule has 2 aromatic rings. The minimum Gasteiger partial charge on any atom is -0.233 e. The first-order chi connectivity index (χ1) is 8.10. The van der Waals surface area contributed by atoms with Crippen LogP contribution in [-0.2, 0) is 5.88 Å². The molecule has 0 amide bonds. The molecule has 0 saturated heterocycles. The quantitative estimate of drug-likeness (QED) is 0.774. The van der Waals surface area contributed by atoms with E-state index in [9.17, 15) is 0 Å². The average molecular weight is 312 g/mol. The molecule has 0 aliphatic carbocycles. The van der Waals surface area contributed by atoms with Gasteiger partial charge in [0.25, 0.3) is 0 Å². The third-order valence-corrected chi connectivity index (χ3v) is 3.34. The number of aryl methyl sites for hydroxylation is 2. The predicted molar refractivity (Wildman–Crippen MR) is 74.2 cm³/mol. The van der Waals surface area contributed by atoms with Crippen LogP contribution in [0, 0.1) is 13.8 Å². The highest BCUT2D eigenvalue weighted by atomic mass is 79.9. The fourth-order valence-corrected chi connectivity index (χ4v) is 2.43. The number of hydrogen-bond donors (Lipinski definition) is 0. The lowest BCUT2D eigenvalue weighted by Gasteiger charge is -2.07. The third-order valence-electron chi connectivity index (χ3n) is 2.41. The molecule has 0 fully saturated rings. The summed E-state index contributed by atoms with van der Waals surface area (Å²) >= 11 is 9.36. The van der Waals surface area contributed by atoms with Gasteiger partial charge in [0.15, 0.2) is 5.82 Å². The molecular weight excluding hydrogens is 300 g/mol. The Balaban J connectivity index is 2.55. The van der Waals surface area contributed by atoms with E-state index in [0.717, 1.165) is 21.4 Å². The molecular formula is C13H12BrClN2. The fourth-order valence-electron chi connectivity index (χ4n) is 1.62. The van der Waals surface area contributed by atoms with Gasteiger partial charge in [-0.25, -0.2) is 9.97 Å². The molecule has 2 rings (SSSR count). The Morgan fingerprint density at radius 2 is 1.94 bits per heavy atom. The second-order valence-electron chi connectivity index (χ2n) is 3.94. The molecule has 0 aliphatic rings. The highest BCUT2D eigenvalue weighted by Crippen LogP contribution is 2.27. The molecule has 0 N–H and O–H groups in total. The van der Waals surface area contributed by atoms with E-state index in [1.807, 2.05) is 25.1 Å².